The zero-order valence-corrected chi connectivity index (χ0v) is 12.4. The predicted octanol–water partition coefficient (Wildman–Crippen LogP) is 3.68. The summed E-state index contributed by atoms with van der Waals surface area (Å²) in [5.41, 5.74) is 7.97. The van der Waals surface area contributed by atoms with E-state index in [2.05, 4.69) is 24.0 Å². The van der Waals surface area contributed by atoms with Crippen molar-refractivity contribution < 1.29 is 4.74 Å². The standard InChI is InChI=1S/C16H26N2O/c1-4-13-5-7-18(8-6-13)15-9-14(17)10-16(11-15)19-12(2)3/h9-13H,4-8,17H2,1-3H3. The van der Waals surface area contributed by atoms with Crippen molar-refractivity contribution in [2.24, 2.45) is 5.92 Å². The summed E-state index contributed by atoms with van der Waals surface area (Å²) in [6.45, 7) is 8.62. The van der Waals surface area contributed by atoms with Gasteiger partial charge in [0.25, 0.3) is 0 Å². The molecular weight excluding hydrogens is 236 g/mol. The molecule has 3 nitrogen and oxygen atoms in total. The van der Waals surface area contributed by atoms with Crippen molar-refractivity contribution in [3.05, 3.63) is 18.2 Å². The van der Waals surface area contributed by atoms with E-state index in [-0.39, 0.29) is 6.10 Å². The van der Waals surface area contributed by atoms with Crippen molar-refractivity contribution in [1.82, 2.24) is 0 Å². The van der Waals surface area contributed by atoms with Gasteiger partial charge in [-0.15, -0.1) is 0 Å². The molecule has 106 valence electrons. The highest BCUT2D eigenvalue weighted by Crippen LogP contribution is 2.30. The molecule has 0 spiro atoms. The van der Waals surface area contributed by atoms with Crippen LogP contribution in [0.3, 0.4) is 0 Å². The number of anilines is 2. The van der Waals surface area contributed by atoms with Crippen LogP contribution in [0.25, 0.3) is 0 Å². The monoisotopic (exact) mass is 262 g/mol. The van der Waals surface area contributed by atoms with E-state index in [1.54, 1.807) is 0 Å². The molecule has 1 fully saturated rings. The van der Waals surface area contributed by atoms with Crippen molar-refractivity contribution in [3.8, 4) is 5.75 Å². The molecule has 1 aromatic carbocycles. The van der Waals surface area contributed by atoms with Crippen LogP contribution in [0, 0.1) is 5.92 Å². The smallest absolute Gasteiger partial charge is 0.123 e. The lowest BCUT2D eigenvalue weighted by atomic mass is 9.94. The van der Waals surface area contributed by atoms with Gasteiger partial charge in [-0.05, 0) is 38.7 Å². The maximum absolute atomic E-state index is 5.99. The Kier molecular flexibility index (Phi) is 4.56. The van der Waals surface area contributed by atoms with Gasteiger partial charge >= 0.3 is 0 Å². The Balaban J connectivity index is 2.09. The normalized spacial score (nSPS) is 16.9. The number of nitrogens with two attached hydrogens (primary N) is 1. The van der Waals surface area contributed by atoms with Crippen molar-refractivity contribution in [2.45, 2.75) is 46.1 Å². The van der Waals surface area contributed by atoms with Gasteiger partial charge in [0, 0.05) is 36.6 Å². The molecule has 1 saturated heterocycles. The number of benzene rings is 1. The lowest BCUT2D eigenvalue weighted by molar-refractivity contribution is 0.242. The first-order valence-electron chi connectivity index (χ1n) is 7.40. The second-order valence-corrected chi connectivity index (χ2v) is 5.77. The van der Waals surface area contributed by atoms with Crippen molar-refractivity contribution in [1.29, 1.82) is 0 Å². The minimum absolute atomic E-state index is 0.181. The average molecular weight is 262 g/mol. The molecule has 1 aromatic rings. The summed E-state index contributed by atoms with van der Waals surface area (Å²) < 4.78 is 5.76. The second-order valence-electron chi connectivity index (χ2n) is 5.77. The van der Waals surface area contributed by atoms with Crippen LogP contribution in [-0.4, -0.2) is 19.2 Å². The maximum Gasteiger partial charge on any atom is 0.123 e. The molecule has 0 bridgehead atoms. The van der Waals surface area contributed by atoms with Crippen LogP contribution < -0.4 is 15.4 Å². The zero-order valence-electron chi connectivity index (χ0n) is 12.4. The van der Waals surface area contributed by atoms with Gasteiger partial charge in [0.15, 0.2) is 0 Å². The Morgan fingerprint density at radius 1 is 1.26 bits per heavy atom. The number of nitrogens with zero attached hydrogens (tertiary/aromatic N) is 1. The topological polar surface area (TPSA) is 38.5 Å². The Hall–Kier alpha value is -1.38. The van der Waals surface area contributed by atoms with Gasteiger partial charge in [0.2, 0.25) is 0 Å². The molecule has 19 heavy (non-hydrogen) atoms. The van der Waals surface area contributed by atoms with Crippen LogP contribution in [0.5, 0.6) is 5.75 Å². The third-order valence-corrected chi connectivity index (χ3v) is 3.84. The van der Waals surface area contributed by atoms with Gasteiger partial charge in [-0.2, -0.15) is 0 Å². The van der Waals surface area contributed by atoms with E-state index in [9.17, 15) is 0 Å². The Morgan fingerprint density at radius 2 is 1.95 bits per heavy atom. The highest BCUT2D eigenvalue weighted by molar-refractivity contribution is 5.60. The van der Waals surface area contributed by atoms with Crippen LogP contribution in [0.2, 0.25) is 0 Å². The van der Waals surface area contributed by atoms with E-state index >= 15 is 0 Å². The summed E-state index contributed by atoms with van der Waals surface area (Å²) in [6.07, 6.45) is 4.05. The lowest BCUT2D eigenvalue weighted by Crippen LogP contribution is -2.33. The Morgan fingerprint density at radius 3 is 2.53 bits per heavy atom. The van der Waals surface area contributed by atoms with Crippen molar-refractivity contribution >= 4 is 11.4 Å². The third-order valence-electron chi connectivity index (χ3n) is 3.84. The van der Waals surface area contributed by atoms with E-state index in [1.807, 2.05) is 19.9 Å². The second kappa shape index (κ2) is 6.18. The van der Waals surface area contributed by atoms with Crippen LogP contribution in [0.15, 0.2) is 18.2 Å². The molecule has 2 rings (SSSR count). The molecule has 0 amide bonds. The van der Waals surface area contributed by atoms with Crippen LogP contribution in [0.4, 0.5) is 11.4 Å². The SMILES string of the molecule is CCC1CCN(c2cc(N)cc(OC(C)C)c2)CC1. The lowest BCUT2D eigenvalue weighted by Gasteiger charge is -2.33. The van der Waals surface area contributed by atoms with Gasteiger partial charge in [0.05, 0.1) is 6.10 Å². The number of piperidine rings is 1. The quantitative estimate of drug-likeness (QED) is 0.841. The van der Waals surface area contributed by atoms with Gasteiger partial charge in [-0.25, -0.2) is 0 Å². The Labute approximate surface area is 116 Å². The van der Waals surface area contributed by atoms with Crippen molar-refractivity contribution in [3.63, 3.8) is 0 Å². The fourth-order valence-electron chi connectivity index (χ4n) is 2.73. The maximum atomic E-state index is 5.99. The number of nitrogen functional groups attached to an aromatic ring is 1. The van der Waals surface area contributed by atoms with Crippen LogP contribution in [-0.2, 0) is 0 Å². The van der Waals surface area contributed by atoms with E-state index in [1.165, 1.54) is 24.9 Å². The summed E-state index contributed by atoms with van der Waals surface area (Å²) in [4.78, 5) is 2.43. The molecule has 3 heteroatoms. The first-order chi connectivity index (χ1) is 9.08. The summed E-state index contributed by atoms with van der Waals surface area (Å²) in [6, 6.07) is 6.07. The first-order valence-corrected chi connectivity index (χ1v) is 7.40. The molecule has 0 aromatic heterocycles. The molecule has 1 heterocycles. The molecule has 0 aliphatic carbocycles. The molecule has 2 N–H and O–H groups in total. The highest BCUT2D eigenvalue weighted by atomic mass is 16.5. The molecule has 0 unspecified atom stereocenters. The Bertz CT molecular complexity index is 409. The molecule has 0 radical (unpaired) electrons. The molecule has 0 atom stereocenters. The number of hydrogen-bond acceptors (Lipinski definition) is 3. The summed E-state index contributed by atoms with van der Waals surface area (Å²) in [7, 11) is 0. The van der Waals surface area contributed by atoms with Gasteiger partial charge in [-0.3, -0.25) is 0 Å². The fourth-order valence-corrected chi connectivity index (χ4v) is 2.73. The predicted molar refractivity (Wildman–Crippen MR) is 81.8 cm³/mol. The van der Waals surface area contributed by atoms with Crippen LogP contribution in [0.1, 0.15) is 40.0 Å². The summed E-state index contributed by atoms with van der Waals surface area (Å²) >= 11 is 0. The average Bonchev–Trinajstić information content (AvgIpc) is 2.37. The number of rotatable bonds is 4. The summed E-state index contributed by atoms with van der Waals surface area (Å²) in [5.74, 6) is 1.77. The number of ether oxygens (including phenoxy) is 1. The van der Waals surface area contributed by atoms with E-state index in [0.29, 0.717) is 0 Å². The van der Waals surface area contributed by atoms with E-state index < -0.39 is 0 Å². The van der Waals surface area contributed by atoms with E-state index in [4.69, 9.17) is 10.5 Å². The fraction of sp³-hybridized carbons (Fsp3) is 0.625. The largest absolute Gasteiger partial charge is 0.491 e. The van der Waals surface area contributed by atoms with Gasteiger partial charge < -0.3 is 15.4 Å². The van der Waals surface area contributed by atoms with Gasteiger partial charge in [-0.1, -0.05) is 13.3 Å². The first kappa shape index (κ1) is 14.0. The van der Waals surface area contributed by atoms with Crippen LogP contribution >= 0.6 is 0 Å². The van der Waals surface area contributed by atoms with Gasteiger partial charge in [0.1, 0.15) is 5.75 Å². The molecular formula is C16H26N2O. The minimum atomic E-state index is 0.181. The molecule has 0 saturated carbocycles. The van der Waals surface area contributed by atoms with Crippen molar-refractivity contribution in [2.75, 3.05) is 23.7 Å². The number of hydrogen-bond donors (Lipinski definition) is 1. The third kappa shape index (κ3) is 3.79. The molecule has 1 aliphatic heterocycles. The summed E-state index contributed by atoms with van der Waals surface area (Å²) in [5, 5.41) is 0. The highest BCUT2D eigenvalue weighted by Gasteiger charge is 2.18. The zero-order chi connectivity index (χ0) is 13.8. The molecule has 1 aliphatic rings. The van der Waals surface area contributed by atoms with E-state index in [0.717, 1.165) is 30.4 Å². The minimum Gasteiger partial charge on any atom is -0.491 e.